The number of unbranched alkanes of at least 4 members (excludes halogenated alkanes) is 25. The highest BCUT2D eigenvalue weighted by Gasteiger charge is 2.25. The molecule has 3 N–H and O–H groups in total. The first-order valence-corrected chi connectivity index (χ1v) is 23.3. The molecular weight excluding hydrogens is 673 g/mol. The van der Waals surface area contributed by atoms with Crippen molar-refractivity contribution in [2.75, 3.05) is 33.0 Å². The van der Waals surface area contributed by atoms with Crippen molar-refractivity contribution in [1.82, 2.24) is 0 Å². The molecule has 9 heteroatoms. The first kappa shape index (κ1) is 51.0. The van der Waals surface area contributed by atoms with Crippen LogP contribution in [0.1, 0.15) is 206 Å². The van der Waals surface area contributed by atoms with Gasteiger partial charge in [-0.25, -0.2) is 4.57 Å². The molecule has 0 aromatic heterocycles. The molecule has 0 spiro atoms. The average Bonchev–Trinajstić information content (AvgIpc) is 3.13. The van der Waals surface area contributed by atoms with Gasteiger partial charge >= 0.3 is 13.8 Å². The van der Waals surface area contributed by atoms with Gasteiger partial charge in [0.1, 0.15) is 6.10 Å². The smallest absolute Gasteiger partial charge is 0.457 e. The lowest BCUT2D eigenvalue weighted by Crippen LogP contribution is -2.28. The molecule has 0 bridgehead atoms. The summed E-state index contributed by atoms with van der Waals surface area (Å²) in [5.74, 6) is -0.341. The fraction of sp³-hybridized carbons (Fsp3) is 0.884. The van der Waals surface area contributed by atoms with Crippen LogP contribution in [0.15, 0.2) is 24.3 Å². The second kappa shape index (κ2) is 41.1. The summed E-state index contributed by atoms with van der Waals surface area (Å²) in [6.45, 7) is 4.91. The Bertz CT molecular complexity index is 853. The number of ether oxygens (including phenoxy) is 2. The lowest BCUT2D eigenvalue weighted by molar-refractivity contribution is -0.154. The van der Waals surface area contributed by atoms with Crippen LogP contribution in [0.4, 0.5) is 0 Å². The minimum absolute atomic E-state index is 0.0963. The van der Waals surface area contributed by atoms with Crippen LogP contribution in [0.2, 0.25) is 0 Å². The zero-order chi connectivity index (χ0) is 38.1. The van der Waals surface area contributed by atoms with E-state index in [1.54, 1.807) is 0 Å². The van der Waals surface area contributed by atoms with Crippen molar-refractivity contribution in [2.45, 2.75) is 213 Å². The van der Waals surface area contributed by atoms with Gasteiger partial charge in [-0.2, -0.15) is 0 Å². The third-order valence-corrected chi connectivity index (χ3v) is 10.4. The molecule has 0 aliphatic rings. The Kier molecular flexibility index (Phi) is 40.3. The predicted molar refractivity (Wildman–Crippen MR) is 220 cm³/mol. The number of phosphoric ester groups is 1. The molecule has 0 aliphatic carbocycles. The number of carbonyl (C=O) groups excluding carboxylic acids is 1. The van der Waals surface area contributed by atoms with Crippen LogP contribution in [-0.4, -0.2) is 49.9 Å². The molecule has 0 saturated carbocycles. The van der Waals surface area contributed by atoms with Crippen molar-refractivity contribution >= 4 is 13.8 Å². The van der Waals surface area contributed by atoms with Crippen molar-refractivity contribution in [3.05, 3.63) is 24.3 Å². The van der Waals surface area contributed by atoms with Crippen LogP contribution >= 0.6 is 7.82 Å². The Morgan fingerprint density at radius 2 is 1.02 bits per heavy atom. The summed E-state index contributed by atoms with van der Waals surface area (Å²) >= 11 is 0. The van der Waals surface area contributed by atoms with Gasteiger partial charge < -0.3 is 20.1 Å². The van der Waals surface area contributed by atoms with Crippen LogP contribution in [0.5, 0.6) is 0 Å². The molecular formula is C43H84NO7P. The van der Waals surface area contributed by atoms with E-state index >= 15 is 0 Å². The monoisotopic (exact) mass is 758 g/mol. The van der Waals surface area contributed by atoms with Gasteiger partial charge in [-0.1, -0.05) is 179 Å². The number of carbonyl (C=O) groups is 1. The van der Waals surface area contributed by atoms with Gasteiger partial charge in [0.2, 0.25) is 0 Å². The van der Waals surface area contributed by atoms with Crippen molar-refractivity contribution in [2.24, 2.45) is 5.73 Å². The number of allylic oxidation sites excluding steroid dienone is 4. The van der Waals surface area contributed by atoms with Gasteiger partial charge in [-0.3, -0.25) is 13.8 Å². The topological polar surface area (TPSA) is 117 Å². The molecule has 0 rings (SSSR count). The van der Waals surface area contributed by atoms with E-state index in [1.165, 1.54) is 128 Å². The lowest BCUT2D eigenvalue weighted by Gasteiger charge is -2.20. The molecule has 2 atom stereocenters. The van der Waals surface area contributed by atoms with Gasteiger partial charge in [-0.05, 0) is 44.9 Å². The van der Waals surface area contributed by atoms with Crippen LogP contribution in [-0.2, 0) is 27.9 Å². The Balaban J connectivity index is 4.01. The number of rotatable bonds is 42. The molecule has 52 heavy (non-hydrogen) atoms. The lowest BCUT2D eigenvalue weighted by atomic mass is 10.0. The highest BCUT2D eigenvalue weighted by Crippen LogP contribution is 2.43. The maximum atomic E-state index is 12.6. The van der Waals surface area contributed by atoms with Crippen molar-refractivity contribution in [3.8, 4) is 0 Å². The zero-order valence-electron chi connectivity index (χ0n) is 34.1. The third-order valence-electron chi connectivity index (χ3n) is 9.37. The second-order valence-electron chi connectivity index (χ2n) is 14.6. The molecule has 0 aliphatic heterocycles. The summed E-state index contributed by atoms with van der Waals surface area (Å²) in [6.07, 6.45) is 44.8. The summed E-state index contributed by atoms with van der Waals surface area (Å²) in [7, 11) is -4.28. The molecule has 0 aromatic rings. The highest BCUT2D eigenvalue weighted by molar-refractivity contribution is 7.47. The molecule has 308 valence electrons. The summed E-state index contributed by atoms with van der Waals surface area (Å²) in [5, 5.41) is 0. The van der Waals surface area contributed by atoms with E-state index in [4.69, 9.17) is 24.3 Å². The summed E-state index contributed by atoms with van der Waals surface area (Å²) in [4.78, 5) is 22.5. The fourth-order valence-corrected chi connectivity index (χ4v) is 6.91. The number of phosphoric acid groups is 1. The number of nitrogens with two attached hydrogens (primary N) is 1. The summed E-state index contributed by atoms with van der Waals surface area (Å²) in [5.41, 5.74) is 5.37. The predicted octanol–water partition coefficient (Wildman–Crippen LogP) is 12.9. The van der Waals surface area contributed by atoms with E-state index in [-0.39, 0.29) is 32.3 Å². The standard InChI is InChI=1S/C43H84NO7P/c1-3-5-7-9-11-13-15-17-19-20-21-23-25-27-29-31-33-35-38-48-40-42(41-50-52(46,47)49-39-37-44)51-43(45)36-34-32-30-28-26-24-22-18-16-14-12-10-8-6-4-2/h12,14,18,22,42H,3-11,13,15-17,19-21,23-41,44H2,1-2H3,(H,46,47)/b14-12-,22-18-/t42-/m1/s1. The fourth-order valence-electron chi connectivity index (χ4n) is 6.14. The molecule has 0 aromatic carbocycles. The summed E-state index contributed by atoms with van der Waals surface area (Å²) in [6, 6.07) is 0. The van der Waals surface area contributed by atoms with Crippen molar-refractivity contribution in [1.29, 1.82) is 0 Å². The maximum Gasteiger partial charge on any atom is 0.472 e. The molecule has 0 saturated heterocycles. The normalized spacial score (nSPS) is 13.7. The van der Waals surface area contributed by atoms with Gasteiger partial charge in [0.15, 0.2) is 0 Å². The SMILES string of the molecule is CCCCC/C=C\C/C=C\CCCCCCCC(=O)O[C@H](COCCCCCCCCCCCCCCCCCCCC)COP(=O)(O)OCCN. The van der Waals surface area contributed by atoms with Crippen LogP contribution in [0, 0.1) is 0 Å². The van der Waals surface area contributed by atoms with Crippen LogP contribution < -0.4 is 5.73 Å². The number of hydrogen-bond acceptors (Lipinski definition) is 7. The Morgan fingerprint density at radius 1 is 0.577 bits per heavy atom. The van der Waals surface area contributed by atoms with E-state index < -0.39 is 13.9 Å². The van der Waals surface area contributed by atoms with Gasteiger partial charge in [-0.15, -0.1) is 0 Å². The van der Waals surface area contributed by atoms with Gasteiger partial charge in [0.25, 0.3) is 0 Å². The van der Waals surface area contributed by atoms with E-state index in [9.17, 15) is 14.3 Å². The van der Waals surface area contributed by atoms with E-state index in [1.807, 2.05) is 0 Å². The van der Waals surface area contributed by atoms with E-state index in [2.05, 4.69) is 38.2 Å². The second-order valence-corrected chi connectivity index (χ2v) is 16.0. The minimum Gasteiger partial charge on any atom is -0.457 e. The highest BCUT2D eigenvalue weighted by atomic mass is 31.2. The summed E-state index contributed by atoms with van der Waals surface area (Å²) < 4.78 is 33.4. The molecule has 0 amide bonds. The molecule has 0 fully saturated rings. The minimum atomic E-state index is -4.28. The molecule has 0 radical (unpaired) electrons. The zero-order valence-corrected chi connectivity index (χ0v) is 35.0. The Morgan fingerprint density at radius 3 is 1.54 bits per heavy atom. The van der Waals surface area contributed by atoms with Crippen molar-refractivity contribution < 1.29 is 32.8 Å². The quantitative estimate of drug-likeness (QED) is 0.0273. The van der Waals surface area contributed by atoms with Gasteiger partial charge in [0, 0.05) is 19.6 Å². The van der Waals surface area contributed by atoms with Crippen molar-refractivity contribution in [3.63, 3.8) is 0 Å². The van der Waals surface area contributed by atoms with E-state index in [0.717, 1.165) is 57.8 Å². The van der Waals surface area contributed by atoms with Gasteiger partial charge in [0.05, 0.1) is 19.8 Å². The largest absolute Gasteiger partial charge is 0.472 e. The van der Waals surface area contributed by atoms with Crippen LogP contribution in [0.3, 0.4) is 0 Å². The molecule has 0 heterocycles. The average molecular weight is 758 g/mol. The van der Waals surface area contributed by atoms with E-state index in [0.29, 0.717) is 13.0 Å². The number of hydrogen-bond donors (Lipinski definition) is 2. The first-order chi connectivity index (χ1) is 25.4. The van der Waals surface area contributed by atoms with Crippen LogP contribution in [0.25, 0.3) is 0 Å². The Labute approximate surface area is 321 Å². The third kappa shape index (κ3) is 40.2. The molecule has 1 unspecified atom stereocenters. The Hall–Kier alpha value is -1.02. The molecule has 8 nitrogen and oxygen atoms in total. The number of esters is 1. The maximum absolute atomic E-state index is 12.6. The first-order valence-electron chi connectivity index (χ1n) is 21.8.